The maximum atomic E-state index is 12.4. The van der Waals surface area contributed by atoms with Gasteiger partial charge in [0.1, 0.15) is 18.1 Å². The second-order valence-electron chi connectivity index (χ2n) is 5.60. The van der Waals surface area contributed by atoms with Crippen molar-refractivity contribution in [2.24, 2.45) is 0 Å². The molecule has 3 aromatic rings. The van der Waals surface area contributed by atoms with Crippen molar-refractivity contribution in [1.82, 2.24) is 15.3 Å². The Hall–Kier alpha value is -3.26. The molecule has 2 aromatic heterocycles. The summed E-state index contributed by atoms with van der Waals surface area (Å²) in [4.78, 5) is 32.1. The molecule has 0 bridgehead atoms. The van der Waals surface area contributed by atoms with Crippen molar-refractivity contribution >= 4 is 28.8 Å². The molecule has 26 heavy (non-hydrogen) atoms. The zero-order valence-electron chi connectivity index (χ0n) is 13.8. The summed E-state index contributed by atoms with van der Waals surface area (Å²) in [6.07, 6.45) is 3.54. The summed E-state index contributed by atoms with van der Waals surface area (Å²) in [6, 6.07) is 7.44. The molecule has 0 aliphatic carbocycles. The minimum absolute atomic E-state index is 0.221. The van der Waals surface area contributed by atoms with Crippen LogP contribution in [-0.2, 0) is 6.61 Å². The van der Waals surface area contributed by atoms with E-state index in [2.05, 4.69) is 20.6 Å². The second kappa shape index (κ2) is 6.57. The Morgan fingerprint density at radius 2 is 2.08 bits per heavy atom. The van der Waals surface area contributed by atoms with Crippen LogP contribution in [0.3, 0.4) is 0 Å². The fourth-order valence-corrected chi connectivity index (χ4v) is 3.39. The topological polar surface area (TPSA) is 93.2 Å². The molecule has 0 spiro atoms. The highest BCUT2D eigenvalue weighted by atomic mass is 32.1. The van der Waals surface area contributed by atoms with Crippen LogP contribution < -0.4 is 15.4 Å². The first kappa shape index (κ1) is 16.2. The SMILES string of the molecule is CNC(=O)c1csc(C(=O)Nc2ccc3c(c2)OCc2cnccc2-3)n1. The maximum Gasteiger partial charge on any atom is 0.284 e. The van der Waals surface area contributed by atoms with Gasteiger partial charge in [-0.3, -0.25) is 14.6 Å². The quantitative estimate of drug-likeness (QED) is 0.743. The van der Waals surface area contributed by atoms with Crippen molar-refractivity contribution in [3.8, 4) is 16.9 Å². The third kappa shape index (κ3) is 2.91. The van der Waals surface area contributed by atoms with E-state index in [4.69, 9.17) is 4.74 Å². The van der Waals surface area contributed by atoms with Crippen LogP contribution in [0.25, 0.3) is 11.1 Å². The lowest BCUT2D eigenvalue weighted by molar-refractivity contribution is 0.0959. The summed E-state index contributed by atoms with van der Waals surface area (Å²) in [6.45, 7) is 0.440. The summed E-state index contributed by atoms with van der Waals surface area (Å²) in [5.74, 6) is 0.00726. The van der Waals surface area contributed by atoms with Gasteiger partial charge in [0.05, 0.1) is 0 Å². The van der Waals surface area contributed by atoms with Crippen LogP contribution >= 0.6 is 11.3 Å². The predicted molar refractivity (Wildman–Crippen MR) is 97.5 cm³/mol. The molecule has 8 heteroatoms. The van der Waals surface area contributed by atoms with Crippen molar-refractivity contribution in [3.05, 3.63) is 58.3 Å². The smallest absolute Gasteiger partial charge is 0.284 e. The Labute approximate surface area is 153 Å². The van der Waals surface area contributed by atoms with Crippen LogP contribution in [0, 0.1) is 0 Å². The molecule has 0 unspecified atom stereocenters. The van der Waals surface area contributed by atoms with Gasteiger partial charge in [-0.25, -0.2) is 4.98 Å². The van der Waals surface area contributed by atoms with Gasteiger partial charge in [-0.2, -0.15) is 0 Å². The van der Waals surface area contributed by atoms with Crippen molar-refractivity contribution in [3.63, 3.8) is 0 Å². The number of carbonyl (C=O) groups excluding carboxylic acids is 2. The summed E-state index contributed by atoms with van der Waals surface area (Å²) in [5, 5.41) is 7.04. The minimum atomic E-state index is -0.370. The third-order valence-electron chi connectivity index (χ3n) is 3.97. The standard InChI is InChI=1S/C18H14N4O3S/c1-19-16(23)14-9-26-18(22-14)17(24)21-11-2-3-13-12-4-5-20-7-10(12)8-25-15(13)6-11/h2-7,9H,8H2,1H3,(H,19,23)(H,21,24). The number of pyridine rings is 1. The number of carbonyl (C=O) groups is 2. The number of amides is 2. The van der Waals surface area contributed by atoms with Gasteiger partial charge in [0, 0.05) is 47.7 Å². The molecule has 0 saturated carbocycles. The first-order chi connectivity index (χ1) is 12.7. The van der Waals surface area contributed by atoms with E-state index >= 15 is 0 Å². The number of nitrogens with one attached hydrogen (secondary N) is 2. The zero-order chi connectivity index (χ0) is 18.1. The molecule has 0 radical (unpaired) electrons. The number of fused-ring (bicyclic) bond motifs is 3. The van der Waals surface area contributed by atoms with E-state index in [-0.39, 0.29) is 22.5 Å². The van der Waals surface area contributed by atoms with Crippen LogP contribution in [0.2, 0.25) is 0 Å². The Kier molecular flexibility index (Phi) is 4.10. The predicted octanol–water partition coefficient (Wildman–Crippen LogP) is 2.71. The van der Waals surface area contributed by atoms with Gasteiger partial charge in [-0.1, -0.05) is 0 Å². The molecule has 0 atom stereocenters. The van der Waals surface area contributed by atoms with Gasteiger partial charge >= 0.3 is 0 Å². The molecule has 3 heterocycles. The molecule has 1 aliphatic heterocycles. The summed E-state index contributed by atoms with van der Waals surface area (Å²) >= 11 is 1.12. The number of nitrogens with zero attached hydrogens (tertiary/aromatic N) is 2. The number of anilines is 1. The zero-order valence-corrected chi connectivity index (χ0v) is 14.6. The van der Waals surface area contributed by atoms with E-state index in [0.717, 1.165) is 28.0 Å². The number of ether oxygens (including phenoxy) is 1. The Bertz CT molecular complexity index is 1020. The molecule has 7 nitrogen and oxygen atoms in total. The number of hydrogen-bond donors (Lipinski definition) is 2. The molecule has 1 aromatic carbocycles. The lowest BCUT2D eigenvalue weighted by Crippen LogP contribution is -2.19. The van der Waals surface area contributed by atoms with Crippen molar-refractivity contribution in [1.29, 1.82) is 0 Å². The van der Waals surface area contributed by atoms with E-state index in [1.54, 1.807) is 23.8 Å². The maximum absolute atomic E-state index is 12.4. The highest BCUT2D eigenvalue weighted by Crippen LogP contribution is 2.38. The van der Waals surface area contributed by atoms with E-state index in [0.29, 0.717) is 18.0 Å². The van der Waals surface area contributed by atoms with Crippen molar-refractivity contribution in [2.75, 3.05) is 12.4 Å². The molecule has 2 N–H and O–H groups in total. The van der Waals surface area contributed by atoms with E-state index < -0.39 is 0 Å². The van der Waals surface area contributed by atoms with E-state index in [9.17, 15) is 9.59 Å². The van der Waals surface area contributed by atoms with Crippen LogP contribution in [0.5, 0.6) is 5.75 Å². The normalized spacial score (nSPS) is 11.7. The molecular weight excluding hydrogens is 352 g/mol. The molecule has 4 rings (SSSR count). The number of hydrogen-bond acceptors (Lipinski definition) is 6. The summed E-state index contributed by atoms with van der Waals surface area (Å²) in [5.41, 5.74) is 3.89. The number of benzene rings is 1. The van der Waals surface area contributed by atoms with Gasteiger partial charge in [0.25, 0.3) is 11.8 Å². The van der Waals surface area contributed by atoms with Gasteiger partial charge in [-0.05, 0) is 23.8 Å². The van der Waals surface area contributed by atoms with Gasteiger partial charge in [0.2, 0.25) is 0 Å². The highest BCUT2D eigenvalue weighted by molar-refractivity contribution is 7.12. The van der Waals surface area contributed by atoms with Crippen LogP contribution in [0.15, 0.2) is 42.0 Å². The molecule has 0 fully saturated rings. The Balaban J connectivity index is 1.56. The second-order valence-corrected chi connectivity index (χ2v) is 6.46. The first-order valence-electron chi connectivity index (χ1n) is 7.85. The fraction of sp³-hybridized carbons (Fsp3) is 0.111. The Morgan fingerprint density at radius 3 is 2.92 bits per heavy atom. The molecule has 0 saturated heterocycles. The third-order valence-corrected chi connectivity index (χ3v) is 4.82. The molecule has 130 valence electrons. The van der Waals surface area contributed by atoms with Gasteiger partial charge in [0.15, 0.2) is 5.01 Å². The average molecular weight is 366 g/mol. The molecular formula is C18H14N4O3S. The lowest BCUT2D eigenvalue weighted by atomic mass is 9.99. The molecule has 1 aliphatic rings. The van der Waals surface area contributed by atoms with Crippen molar-refractivity contribution in [2.45, 2.75) is 6.61 Å². The van der Waals surface area contributed by atoms with E-state index in [1.165, 1.54) is 7.05 Å². The minimum Gasteiger partial charge on any atom is -0.488 e. The average Bonchev–Trinajstić information content (AvgIpc) is 3.17. The largest absolute Gasteiger partial charge is 0.488 e. The first-order valence-corrected chi connectivity index (χ1v) is 8.73. The number of thiazole rings is 1. The van der Waals surface area contributed by atoms with E-state index in [1.807, 2.05) is 18.2 Å². The van der Waals surface area contributed by atoms with Crippen LogP contribution in [0.1, 0.15) is 25.9 Å². The summed E-state index contributed by atoms with van der Waals surface area (Å²) in [7, 11) is 1.52. The number of rotatable bonds is 3. The Morgan fingerprint density at radius 1 is 1.19 bits per heavy atom. The summed E-state index contributed by atoms with van der Waals surface area (Å²) < 4.78 is 5.77. The lowest BCUT2D eigenvalue weighted by Gasteiger charge is -2.21. The fourth-order valence-electron chi connectivity index (χ4n) is 2.70. The van der Waals surface area contributed by atoms with Gasteiger partial charge in [-0.15, -0.1) is 11.3 Å². The van der Waals surface area contributed by atoms with Crippen LogP contribution in [-0.4, -0.2) is 28.8 Å². The highest BCUT2D eigenvalue weighted by Gasteiger charge is 2.19. The number of aromatic nitrogens is 2. The van der Waals surface area contributed by atoms with Crippen molar-refractivity contribution < 1.29 is 14.3 Å². The van der Waals surface area contributed by atoms with Crippen LogP contribution in [0.4, 0.5) is 5.69 Å². The monoisotopic (exact) mass is 366 g/mol. The molecule has 2 amide bonds. The van der Waals surface area contributed by atoms with Gasteiger partial charge < -0.3 is 15.4 Å².